The molecule has 0 aliphatic rings. The molecule has 1 amide bonds. The summed E-state index contributed by atoms with van der Waals surface area (Å²) in [5.74, 6) is 0.121. The number of esters is 1. The highest BCUT2D eigenvalue weighted by Crippen LogP contribution is 2.24. The van der Waals surface area contributed by atoms with Crippen molar-refractivity contribution in [3.05, 3.63) is 40.4 Å². The van der Waals surface area contributed by atoms with Crippen molar-refractivity contribution in [1.82, 2.24) is 4.98 Å². The van der Waals surface area contributed by atoms with Crippen LogP contribution in [0.3, 0.4) is 0 Å². The Hall–Kier alpha value is -2.41. The number of carbonyl (C=O) groups is 2. The topological polar surface area (TPSA) is 77.5 Å². The lowest BCUT2D eigenvalue weighted by molar-refractivity contribution is 0.0463. The predicted molar refractivity (Wildman–Crippen MR) is 92.9 cm³/mol. The van der Waals surface area contributed by atoms with Crippen molar-refractivity contribution in [1.29, 1.82) is 0 Å². The van der Waals surface area contributed by atoms with Gasteiger partial charge in [0.1, 0.15) is 10.6 Å². The van der Waals surface area contributed by atoms with Crippen LogP contribution in [0.5, 0.6) is 5.75 Å². The average Bonchev–Trinajstić information content (AvgIpc) is 2.93. The van der Waals surface area contributed by atoms with E-state index in [-0.39, 0.29) is 11.8 Å². The van der Waals surface area contributed by atoms with Gasteiger partial charge < -0.3 is 9.47 Å². The van der Waals surface area contributed by atoms with Crippen molar-refractivity contribution in [3.8, 4) is 5.75 Å². The number of amides is 1. The SMILES string of the molecule is COc1cccc(C(=O)Nc2nc(C)c(C(=O)OCC(C)C)s2)c1. The van der Waals surface area contributed by atoms with Crippen LogP contribution in [0, 0.1) is 12.8 Å². The lowest BCUT2D eigenvalue weighted by Crippen LogP contribution is -2.11. The number of aromatic nitrogens is 1. The van der Waals surface area contributed by atoms with Crippen LogP contribution in [0.2, 0.25) is 0 Å². The van der Waals surface area contributed by atoms with Crippen LogP contribution in [0.25, 0.3) is 0 Å². The van der Waals surface area contributed by atoms with Gasteiger partial charge in [0.25, 0.3) is 5.91 Å². The van der Waals surface area contributed by atoms with Gasteiger partial charge >= 0.3 is 5.97 Å². The molecule has 1 aromatic heterocycles. The summed E-state index contributed by atoms with van der Waals surface area (Å²) in [5.41, 5.74) is 0.987. The van der Waals surface area contributed by atoms with Gasteiger partial charge in [-0.2, -0.15) is 0 Å². The number of nitrogens with one attached hydrogen (secondary N) is 1. The van der Waals surface area contributed by atoms with Gasteiger partial charge in [-0.25, -0.2) is 9.78 Å². The summed E-state index contributed by atoms with van der Waals surface area (Å²) < 4.78 is 10.3. The van der Waals surface area contributed by atoms with E-state index in [1.807, 2.05) is 13.8 Å². The Morgan fingerprint density at radius 1 is 1.33 bits per heavy atom. The molecule has 0 atom stereocenters. The van der Waals surface area contributed by atoms with Crippen molar-refractivity contribution in [2.45, 2.75) is 20.8 Å². The van der Waals surface area contributed by atoms with Gasteiger partial charge in [0, 0.05) is 5.56 Å². The Morgan fingerprint density at radius 2 is 2.08 bits per heavy atom. The molecular weight excluding hydrogens is 328 g/mol. The second kappa shape index (κ2) is 7.92. The van der Waals surface area contributed by atoms with E-state index in [1.54, 1.807) is 31.2 Å². The van der Waals surface area contributed by atoms with Crippen LogP contribution in [0.4, 0.5) is 5.13 Å². The largest absolute Gasteiger partial charge is 0.497 e. The van der Waals surface area contributed by atoms with E-state index in [0.717, 1.165) is 11.3 Å². The molecule has 0 aliphatic carbocycles. The minimum absolute atomic E-state index is 0.259. The van der Waals surface area contributed by atoms with E-state index < -0.39 is 5.97 Å². The standard InChI is InChI=1S/C17H20N2O4S/c1-10(2)9-23-16(21)14-11(3)18-17(24-14)19-15(20)12-6-5-7-13(8-12)22-4/h5-8,10H,9H2,1-4H3,(H,18,19,20). The number of hydrogen-bond acceptors (Lipinski definition) is 6. The number of thiazole rings is 1. The smallest absolute Gasteiger partial charge is 0.350 e. The Kier molecular flexibility index (Phi) is 5.92. The molecule has 0 bridgehead atoms. The summed E-state index contributed by atoms with van der Waals surface area (Å²) in [6.45, 7) is 5.99. The molecule has 0 saturated heterocycles. The molecular formula is C17H20N2O4S. The highest BCUT2D eigenvalue weighted by atomic mass is 32.1. The zero-order chi connectivity index (χ0) is 17.7. The molecule has 0 unspecified atom stereocenters. The normalized spacial score (nSPS) is 10.5. The summed E-state index contributed by atoms with van der Waals surface area (Å²) >= 11 is 1.10. The molecule has 6 nitrogen and oxygen atoms in total. The van der Waals surface area contributed by atoms with Crippen molar-refractivity contribution in [3.63, 3.8) is 0 Å². The molecule has 1 N–H and O–H groups in total. The van der Waals surface area contributed by atoms with Gasteiger partial charge in [0.05, 0.1) is 19.4 Å². The summed E-state index contributed by atoms with van der Waals surface area (Å²) in [6.07, 6.45) is 0. The zero-order valence-electron chi connectivity index (χ0n) is 14.1. The fourth-order valence-corrected chi connectivity index (χ4v) is 2.74. The van der Waals surface area contributed by atoms with Crippen molar-refractivity contribution in [2.24, 2.45) is 5.92 Å². The van der Waals surface area contributed by atoms with E-state index in [4.69, 9.17) is 9.47 Å². The molecule has 0 aliphatic heterocycles. The van der Waals surface area contributed by atoms with Gasteiger partial charge in [-0.1, -0.05) is 31.3 Å². The predicted octanol–water partition coefficient (Wildman–Crippen LogP) is 3.53. The maximum Gasteiger partial charge on any atom is 0.350 e. The monoisotopic (exact) mass is 348 g/mol. The summed E-state index contributed by atoms with van der Waals surface area (Å²) in [4.78, 5) is 28.9. The molecule has 2 rings (SSSR count). The summed E-state index contributed by atoms with van der Waals surface area (Å²) in [6, 6.07) is 6.80. The number of hydrogen-bond donors (Lipinski definition) is 1. The van der Waals surface area contributed by atoms with Crippen LogP contribution < -0.4 is 10.1 Å². The molecule has 1 heterocycles. The average molecular weight is 348 g/mol. The van der Waals surface area contributed by atoms with Crippen molar-refractivity contribution >= 4 is 28.3 Å². The highest BCUT2D eigenvalue weighted by Gasteiger charge is 2.18. The molecule has 2 aromatic rings. The number of nitrogens with zero attached hydrogens (tertiary/aromatic N) is 1. The van der Waals surface area contributed by atoms with Crippen molar-refractivity contribution < 1.29 is 19.1 Å². The van der Waals surface area contributed by atoms with Gasteiger partial charge in [0.15, 0.2) is 5.13 Å². The molecule has 7 heteroatoms. The Balaban J connectivity index is 2.09. The number of aryl methyl sites for hydroxylation is 1. The fraction of sp³-hybridized carbons (Fsp3) is 0.353. The third kappa shape index (κ3) is 4.55. The number of carbonyl (C=O) groups excluding carboxylic acids is 2. The number of ether oxygens (including phenoxy) is 2. The first kappa shape index (κ1) is 17.9. The maximum atomic E-state index is 12.3. The van der Waals surface area contributed by atoms with Crippen molar-refractivity contribution in [2.75, 3.05) is 19.0 Å². The van der Waals surface area contributed by atoms with E-state index in [9.17, 15) is 9.59 Å². The molecule has 0 fully saturated rings. The van der Waals surface area contributed by atoms with Crippen LogP contribution >= 0.6 is 11.3 Å². The van der Waals surface area contributed by atoms with E-state index in [2.05, 4.69) is 10.3 Å². The first-order chi connectivity index (χ1) is 11.4. The van der Waals surface area contributed by atoms with E-state index in [1.165, 1.54) is 7.11 Å². The fourth-order valence-electron chi connectivity index (χ4n) is 1.88. The lowest BCUT2D eigenvalue weighted by Gasteiger charge is -2.05. The first-order valence-electron chi connectivity index (χ1n) is 7.50. The molecule has 24 heavy (non-hydrogen) atoms. The van der Waals surface area contributed by atoms with Gasteiger partial charge in [-0.3, -0.25) is 10.1 Å². The minimum atomic E-state index is -0.416. The minimum Gasteiger partial charge on any atom is -0.497 e. The van der Waals surface area contributed by atoms with E-state index >= 15 is 0 Å². The number of methoxy groups -OCH3 is 1. The van der Waals surface area contributed by atoms with Crippen LogP contribution in [0.1, 0.15) is 39.6 Å². The third-order valence-electron chi connectivity index (χ3n) is 3.08. The number of rotatable bonds is 6. The van der Waals surface area contributed by atoms with Crippen LogP contribution in [0.15, 0.2) is 24.3 Å². The second-order valence-electron chi connectivity index (χ2n) is 5.61. The molecule has 1 aromatic carbocycles. The third-order valence-corrected chi connectivity index (χ3v) is 4.14. The second-order valence-corrected chi connectivity index (χ2v) is 6.61. The molecule has 0 spiro atoms. The quantitative estimate of drug-likeness (QED) is 0.808. The van der Waals surface area contributed by atoms with Gasteiger partial charge in [-0.15, -0.1) is 0 Å². The lowest BCUT2D eigenvalue weighted by atomic mass is 10.2. The van der Waals surface area contributed by atoms with Crippen LogP contribution in [-0.4, -0.2) is 30.6 Å². The summed E-state index contributed by atoms with van der Waals surface area (Å²) in [5, 5.41) is 3.05. The maximum absolute atomic E-state index is 12.3. The Morgan fingerprint density at radius 3 is 2.75 bits per heavy atom. The molecule has 0 saturated carbocycles. The number of benzene rings is 1. The van der Waals surface area contributed by atoms with Crippen LogP contribution in [-0.2, 0) is 4.74 Å². The Bertz CT molecular complexity index is 740. The summed E-state index contributed by atoms with van der Waals surface area (Å²) in [7, 11) is 1.54. The van der Waals surface area contributed by atoms with Gasteiger partial charge in [0.2, 0.25) is 0 Å². The van der Waals surface area contributed by atoms with E-state index in [0.29, 0.717) is 33.6 Å². The zero-order valence-corrected chi connectivity index (χ0v) is 14.9. The number of anilines is 1. The van der Waals surface area contributed by atoms with Gasteiger partial charge in [-0.05, 0) is 31.0 Å². The molecule has 0 radical (unpaired) electrons. The molecule has 128 valence electrons. The first-order valence-corrected chi connectivity index (χ1v) is 8.32. The Labute approximate surface area is 144 Å². The highest BCUT2D eigenvalue weighted by molar-refractivity contribution is 7.17.